The van der Waals surface area contributed by atoms with Crippen LogP contribution in [0.3, 0.4) is 0 Å². The van der Waals surface area contributed by atoms with E-state index in [1.54, 1.807) is 54.9 Å². The lowest BCUT2D eigenvalue weighted by molar-refractivity contribution is 0.0472. The number of carboxylic acids is 1. The molecule has 1 heterocycles. The summed E-state index contributed by atoms with van der Waals surface area (Å²) in [6.45, 7) is 0.137. The van der Waals surface area contributed by atoms with Crippen LogP contribution in [0.5, 0.6) is 5.75 Å². The largest absolute Gasteiger partial charge is 0.507 e. The maximum Gasteiger partial charge on any atom is 0.338 e. The van der Waals surface area contributed by atoms with Gasteiger partial charge in [0.1, 0.15) is 12.4 Å². The molecule has 4 aromatic rings. The Balaban J connectivity index is 1.56. The molecule has 0 bridgehead atoms. The fourth-order valence-corrected chi connectivity index (χ4v) is 3.31. The zero-order valence-electron chi connectivity index (χ0n) is 16.5. The van der Waals surface area contributed by atoms with Crippen molar-refractivity contribution in [3.8, 4) is 5.75 Å². The summed E-state index contributed by atoms with van der Waals surface area (Å²) in [5.74, 6) is -1.38. The van der Waals surface area contributed by atoms with Crippen LogP contribution in [0.1, 0.15) is 37.4 Å². The van der Waals surface area contributed by atoms with Crippen LogP contribution in [0.2, 0.25) is 0 Å². The molecule has 4 rings (SSSR count). The van der Waals surface area contributed by atoms with E-state index in [0.717, 1.165) is 16.5 Å². The molecule has 154 valence electrons. The first kappa shape index (κ1) is 20.1. The number of aromatic hydroxyl groups is 1. The van der Waals surface area contributed by atoms with Gasteiger partial charge in [-0.1, -0.05) is 30.3 Å². The first-order valence-corrected chi connectivity index (χ1v) is 9.64. The summed E-state index contributed by atoms with van der Waals surface area (Å²) in [5, 5.41) is 21.2. The number of esters is 1. The topological polar surface area (TPSA) is 96.7 Å². The van der Waals surface area contributed by atoms with Crippen LogP contribution in [0.15, 0.2) is 79.1 Å². The van der Waals surface area contributed by atoms with Gasteiger partial charge in [0.2, 0.25) is 0 Å². The number of benzene rings is 3. The van der Waals surface area contributed by atoms with Crippen molar-refractivity contribution in [1.29, 1.82) is 0 Å². The van der Waals surface area contributed by atoms with Crippen molar-refractivity contribution in [2.75, 3.05) is 0 Å². The summed E-state index contributed by atoms with van der Waals surface area (Å²) in [7, 11) is 0. The monoisotopic (exact) mass is 413 g/mol. The van der Waals surface area contributed by atoms with Gasteiger partial charge >= 0.3 is 11.9 Å². The van der Waals surface area contributed by atoms with Crippen molar-refractivity contribution in [1.82, 2.24) is 4.98 Å². The average molecular weight is 413 g/mol. The minimum atomic E-state index is -0.983. The summed E-state index contributed by atoms with van der Waals surface area (Å²) in [6.07, 6.45) is 3.69. The van der Waals surface area contributed by atoms with E-state index in [0.29, 0.717) is 22.9 Å². The minimum Gasteiger partial charge on any atom is -0.507 e. The van der Waals surface area contributed by atoms with Gasteiger partial charge in [-0.05, 0) is 58.5 Å². The van der Waals surface area contributed by atoms with Crippen molar-refractivity contribution in [2.24, 2.45) is 0 Å². The number of carboxylic acid groups (broad SMARTS) is 1. The molecule has 0 atom stereocenters. The Bertz CT molecular complexity index is 1250. The molecule has 0 aliphatic rings. The number of phenolic OH excluding ortho intramolecular Hbond substituents is 1. The van der Waals surface area contributed by atoms with Crippen LogP contribution in [0.4, 0.5) is 0 Å². The van der Waals surface area contributed by atoms with E-state index >= 15 is 0 Å². The predicted octanol–water partition coefficient (Wildman–Crippen LogP) is 4.59. The first-order valence-electron chi connectivity index (χ1n) is 9.64. The zero-order chi connectivity index (χ0) is 21.8. The highest BCUT2D eigenvalue weighted by atomic mass is 16.5. The van der Waals surface area contributed by atoms with Gasteiger partial charge < -0.3 is 14.9 Å². The number of fused-ring (bicyclic) bond motifs is 1. The van der Waals surface area contributed by atoms with Crippen molar-refractivity contribution < 1.29 is 24.5 Å². The highest BCUT2D eigenvalue weighted by Crippen LogP contribution is 2.31. The molecule has 0 saturated heterocycles. The number of ether oxygens (including phenoxy) is 1. The van der Waals surface area contributed by atoms with Gasteiger partial charge in [-0.3, -0.25) is 4.98 Å². The lowest BCUT2D eigenvalue weighted by Crippen LogP contribution is -2.05. The number of carbonyl (C=O) groups is 2. The third kappa shape index (κ3) is 4.53. The molecule has 0 aliphatic carbocycles. The molecule has 2 N–H and O–H groups in total. The molecule has 1 aromatic heterocycles. The third-order valence-corrected chi connectivity index (χ3v) is 5.03. The number of aromatic nitrogens is 1. The van der Waals surface area contributed by atoms with E-state index in [9.17, 15) is 14.7 Å². The quantitative estimate of drug-likeness (QED) is 0.449. The second-order valence-corrected chi connectivity index (χ2v) is 7.12. The standard InChI is InChI=1S/C25H19NO5/c27-23-20(13-16-1-3-19(4-2-16)24(28)29)7-5-18-6-8-21(14-22(18)23)25(30)31-15-17-9-11-26-12-10-17/h1-12,14,27H,13,15H2,(H,28,29). The predicted molar refractivity (Wildman–Crippen MR) is 115 cm³/mol. The number of hydrogen-bond donors (Lipinski definition) is 2. The van der Waals surface area contributed by atoms with Crippen LogP contribution < -0.4 is 0 Å². The Hall–Kier alpha value is -4.19. The summed E-state index contributed by atoms with van der Waals surface area (Å²) in [5.41, 5.74) is 2.94. The third-order valence-electron chi connectivity index (χ3n) is 5.03. The van der Waals surface area contributed by atoms with Crippen molar-refractivity contribution in [2.45, 2.75) is 13.0 Å². The molecule has 0 radical (unpaired) electrons. The van der Waals surface area contributed by atoms with Gasteiger partial charge in [0.15, 0.2) is 0 Å². The number of rotatable bonds is 6. The van der Waals surface area contributed by atoms with Gasteiger partial charge in [-0.15, -0.1) is 0 Å². The highest BCUT2D eigenvalue weighted by Gasteiger charge is 2.13. The van der Waals surface area contributed by atoms with Gasteiger partial charge in [0.05, 0.1) is 11.1 Å². The van der Waals surface area contributed by atoms with Crippen LogP contribution in [-0.4, -0.2) is 27.1 Å². The van der Waals surface area contributed by atoms with Crippen molar-refractivity contribution >= 4 is 22.7 Å². The molecule has 0 spiro atoms. The van der Waals surface area contributed by atoms with Crippen molar-refractivity contribution in [3.05, 3.63) is 107 Å². The van der Waals surface area contributed by atoms with E-state index in [2.05, 4.69) is 4.98 Å². The molecule has 0 unspecified atom stereocenters. The molecule has 6 heteroatoms. The molecule has 6 nitrogen and oxygen atoms in total. The lowest BCUT2D eigenvalue weighted by atomic mass is 9.98. The molecule has 31 heavy (non-hydrogen) atoms. The summed E-state index contributed by atoms with van der Waals surface area (Å²) >= 11 is 0. The second-order valence-electron chi connectivity index (χ2n) is 7.12. The van der Waals surface area contributed by atoms with Crippen LogP contribution in [-0.2, 0) is 17.8 Å². The van der Waals surface area contributed by atoms with Crippen LogP contribution in [0, 0.1) is 0 Å². The normalized spacial score (nSPS) is 10.7. The maximum atomic E-state index is 12.5. The molecule has 0 amide bonds. The number of pyridine rings is 1. The zero-order valence-corrected chi connectivity index (χ0v) is 16.5. The number of carbonyl (C=O) groups excluding carboxylic acids is 1. The Morgan fingerprint density at radius 1 is 0.839 bits per heavy atom. The Kier molecular flexibility index (Phi) is 5.62. The maximum absolute atomic E-state index is 12.5. The van der Waals surface area contributed by atoms with E-state index in [1.165, 1.54) is 12.1 Å². The van der Waals surface area contributed by atoms with E-state index in [1.807, 2.05) is 12.1 Å². The highest BCUT2D eigenvalue weighted by molar-refractivity contribution is 5.98. The Labute approximate surface area is 178 Å². The SMILES string of the molecule is O=C(O)c1ccc(Cc2ccc3ccc(C(=O)OCc4ccncc4)cc3c2O)cc1. The molecular weight excluding hydrogens is 394 g/mol. The first-order chi connectivity index (χ1) is 15.0. The minimum absolute atomic E-state index is 0.0867. The fraction of sp³-hybridized carbons (Fsp3) is 0.0800. The fourth-order valence-electron chi connectivity index (χ4n) is 3.31. The van der Waals surface area contributed by atoms with Crippen LogP contribution in [0.25, 0.3) is 10.8 Å². The number of nitrogens with zero attached hydrogens (tertiary/aromatic N) is 1. The number of hydrogen-bond acceptors (Lipinski definition) is 5. The van der Waals surface area contributed by atoms with Gasteiger partial charge in [0.25, 0.3) is 0 Å². The van der Waals surface area contributed by atoms with E-state index in [4.69, 9.17) is 9.84 Å². The number of aromatic carboxylic acids is 1. The molecule has 3 aromatic carbocycles. The number of phenols is 1. The molecule has 0 aliphatic heterocycles. The average Bonchev–Trinajstić information content (AvgIpc) is 2.80. The molecular formula is C25H19NO5. The molecule has 0 fully saturated rings. The van der Waals surface area contributed by atoms with Gasteiger partial charge in [-0.2, -0.15) is 0 Å². The summed E-state index contributed by atoms with van der Waals surface area (Å²) in [6, 6.07) is 18.8. The van der Waals surface area contributed by atoms with Gasteiger partial charge in [0, 0.05) is 24.2 Å². The Morgan fingerprint density at radius 2 is 1.52 bits per heavy atom. The summed E-state index contributed by atoms with van der Waals surface area (Å²) in [4.78, 5) is 27.4. The molecule has 0 saturated carbocycles. The van der Waals surface area contributed by atoms with Gasteiger partial charge in [-0.25, -0.2) is 9.59 Å². The van der Waals surface area contributed by atoms with Crippen molar-refractivity contribution in [3.63, 3.8) is 0 Å². The van der Waals surface area contributed by atoms with Crippen LogP contribution >= 0.6 is 0 Å². The Morgan fingerprint density at radius 3 is 2.23 bits per heavy atom. The smallest absolute Gasteiger partial charge is 0.338 e. The lowest BCUT2D eigenvalue weighted by Gasteiger charge is -2.10. The summed E-state index contributed by atoms with van der Waals surface area (Å²) < 4.78 is 5.36. The van der Waals surface area contributed by atoms with E-state index < -0.39 is 11.9 Å². The van der Waals surface area contributed by atoms with E-state index in [-0.39, 0.29) is 17.9 Å². The second kappa shape index (κ2) is 8.67.